The molecule has 27 heavy (non-hydrogen) atoms. The van der Waals surface area contributed by atoms with E-state index < -0.39 is 0 Å². The van der Waals surface area contributed by atoms with Gasteiger partial charge in [-0.2, -0.15) is 0 Å². The van der Waals surface area contributed by atoms with Gasteiger partial charge < -0.3 is 19.7 Å². The van der Waals surface area contributed by atoms with Crippen molar-refractivity contribution in [2.75, 3.05) is 20.6 Å². The van der Waals surface area contributed by atoms with E-state index >= 15 is 0 Å². The third-order valence-electron chi connectivity index (χ3n) is 5.18. The minimum absolute atomic E-state index is 0.276. The zero-order valence-corrected chi connectivity index (χ0v) is 16.6. The van der Waals surface area contributed by atoms with Crippen LogP contribution in [-0.4, -0.2) is 40.3 Å². The van der Waals surface area contributed by atoms with E-state index in [1.807, 2.05) is 24.3 Å². The van der Waals surface area contributed by atoms with E-state index in [-0.39, 0.29) is 5.75 Å². The summed E-state index contributed by atoms with van der Waals surface area (Å²) in [6.45, 7) is 4.20. The van der Waals surface area contributed by atoms with E-state index in [1.54, 1.807) is 18.2 Å². The standard InChI is InChI=1S/C23H30N2O2/c1-17-21-16-20(27)12-13-22(21)25(15-7-5-4-6-14-24(2)3)23(17)18-8-10-19(26)11-9-18/h8-13,16,26-27H,4-7,14-15H2,1-3H3. The number of benzene rings is 2. The molecule has 144 valence electrons. The Morgan fingerprint density at radius 1 is 0.852 bits per heavy atom. The molecule has 3 rings (SSSR count). The summed E-state index contributed by atoms with van der Waals surface area (Å²) >= 11 is 0. The number of aryl methyl sites for hydroxylation is 2. The van der Waals surface area contributed by atoms with E-state index in [0.29, 0.717) is 5.75 Å². The van der Waals surface area contributed by atoms with Gasteiger partial charge in [0.05, 0.1) is 5.69 Å². The van der Waals surface area contributed by atoms with Crippen LogP contribution in [0.15, 0.2) is 42.5 Å². The van der Waals surface area contributed by atoms with Gasteiger partial charge >= 0.3 is 0 Å². The van der Waals surface area contributed by atoms with Crippen molar-refractivity contribution in [3.63, 3.8) is 0 Å². The van der Waals surface area contributed by atoms with Crippen molar-refractivity contribution in [3.8, 4) is 22.8 Å². The number of phenols is 2. The summed E-state index contributed by atoms with van der Waals surface area (Å²) in [5, 5.41) is 20.7. The molecule has 0 aliphatic carbocycles. The smallest absolute Gasteiger partial charge is 0.116 e. The monoisotopic (exact) mass is 366 g/mol. The number of nitrogens with zero attached hydrogens (tertiary/aromatic N) is 2. The van der Waals surface area contributed by atoms with E-state index in [1.165, 1.54) is 30.5 Å². The van der Waals surface area contributed by atoms with Crippen molar-refractivity contribution >= 4 is 10.9 Å². The molecule has 0 fully saturated rings. The van der Waals surface area contributed by atoms with Crippen molar-refractivity contribution in [2.24, 2.45) is 0 Å². The Morgan fingerprint density at radius 2 is 1.52 bits per heavy atom. The van der Waals surface area contributed by atoms with Gasteiger partial charge in [0.15, 0.2) is 0 Å². The number of phenolic OH excluding ortho intramolecular Hbond substituents is 2. The molecule has 1 heterocycles. The highest BCUT2D eigenvalue weighted by Gasteiger charge is 2.16. The molecule has 2 aromatic carbocycles. The van der Waals surface area contributed by atoms with Crippen molar-refractivity contribution in [3.05, 3.63) is 48.0 Å². The quantitative estimate of drug-likeness (QED) is 0.542. The molecule has 3 aromatic rings. The van der Waals surface area contributed by atoms with Crippen LogP contribution < -0.4 is 0 Å². The topological polar surface area (TPSA) is 48.6 Å². The zero-order valence-electron chi connectivity index (χ0n) is 16.6. The fourth-order valence-corrected chi connectivity index (χ4v) is 3.79. The second-order valence-corrected chi connectivity index (χ2v) is 7.59. The van der Waals surface area contributed by atoms with Gasteiger partial charge in [-0.15, -0.1) is 0 Å². The molecular formula is C23H30N2O2. The minimum Gasteiger partial charge on any atom is -0.508 e. The average Bonchev–Trinajstić information content (AvgIpc) is 2.90. The maximum atomic E-state index is 9.93. The first-order valence-electron chi connectivity index (χ1n) is 9.73. The normalized spacial score (nSPS) is 11.6. The van der Waals surface area contributed by atoms with Gasteiger partial charge in [-0.1, -0.05) is 12.8 Å². The lowest BCUT2D eigenvalue weighted by molar-refractivity contribution is 0.389. The fourth-order valence-electron chi connectivity index (χ4n) is 3.79. The van der Waals surface area contributed by atoms with Crippen molar-refractivity contribution in [1.29, 1.82) is 0 Å². The Kier molecular flexibility index (Phi) is 6.07. The largest absolute Gasteiger partial charge is 0.508 e. The van der Waals surface area contributed by atoms with Gasteiger partial charge in [-0.05, 0) is 94.0 Å². The minimum atomic E-state index is 0.276. The molecule has 0 spiro atoms. The molecule has 0 aliphatic heterocycles. The fraction of sp³-hybridized carbons (Fsp3) is 0.391. The molecule has 1 aromatic heterocycles. The van der Waals surface area contributed by atoms with Gasteiger partial charge in [-0.3, -0.25) is 0 Å². The summed E-state index contributed by atoms with van der Waals surface area (Å²) in [5.41, 5.74) is 4.58. The van der Waals surface area contributed by atoms with Crippen LogP contribution in [0.5, 0.6) is 11.5 Å². The molecule has 0 aliphatic rings. The molecule has 0 saturated carbocycles. The van der Waals surface area contributed by atoms with E-state index in [2.05, 4.69) is 30.5 Å². The van der Waals surface area contributed by atoms with Gasteiger partial charge in [-0.25, -0.2) is 0 Å². The van der Waals surface area contributed by atoms with Crippen LogP contribution in [0.1, 0.15) is 31.2 Å². The Labute approximate surface area is 161 Å². The molecule has 0 unspecified atom stereocenters. The first-order valence-corrected chi connectivity index (χ1v) is 9.73. The van der Waals surface area contributed by atoms with Crippen LogP contribution in [0.2, 0.25) is 0 Å². The van der Waals surface area contributed by atoms with Crippen LogP contribution in [-0.2, 0) is 6.54 Å². The summed E-state index contributed by atoms with van der Waals surface area (Å²) in [6, 6.07) is 13.0. The summed E-state index contributed by atoms with van der Waals surface area (Å²) in [5.74, 6) is 0.571. The molecule has 4 heteroatoms. The number of aromatic nitrogens is 1. The lowest BCUT2D eigenvalue weighted by Gasteiger charge is -2.13. The maximum Gasteiger partial charge on any atom is 0.116 e. The lowest BCUT2D eigenvalue weighted by Crippen LogP contribution is -2.12. The van der Waals surface area contributed by atoms with Crippen LogP contribution in [0, 0.1) is 6.92 Å². The van der Waals surface area contributed by atoms with Crippen LogP contribution in [0.3, 0.4) is 0 Å². The lowest BCUT2D eigenvalue weighted by atomic mass is 10.1. The van der Waals surface area contributed by atoms with E-state index in [0.717, 1.165) is 36.0 Å². The Morgan fingerprint density at radius 3 is 2.22 bits per heavy atom. The molecule has 0 amide bonds. The predicted molar refractivity (Wildman–Crippen MR) is 112 cm³/mol. The van der Waals surface area contributed by atoms with E-state index in [9.17, 15) is 10.2 Å². The molecule has 0 atom stereocenters. The SMILES string of the molecule is Cc1c(-c2ccc(O)cc2)n(CCCCCCN(C)C)c2ccc(O)cc12. The molecule has 4 nitrogen and oxygen atoms in total. The summed E-state index contributed by atoms with van der Waals surface area (Å²) in [7, 11) is 4.24. The van der Waals surface area contributed by atoms with Gasteiger partial charge in [0.25, 0.3) is 0 Å². The number of fused-ring (bicyclic) bond motifs is 1. The molecule has 0 radical (unpaired) electrons. The summed E-state index contributed by atoms with van der Waals surface area (Å²) in [6.07, 6.45) is 4.81. The Bertz CT molecular complexity index is 895. The number of hydrogen-bond acceptors (Lipinski definition) is 3. The number of rotatable bonds is 8. The first kappa shape index (κ1) is 19.3. The molecular weight excluding hydrogens is 336 g/mol. The third kappa shape index (κ3) is 4.45. The summed E-state index contributed by atoms with van der Waals surface area (Å²) in [4.78, 5) is 2.23. The highest BCUT2D eigenvalue weighted by atomic mass is 16.3. The Balaban J connectivity index is 1.87. The van der Waals surface area contributed by atoms with Gasteiger partial charge in [0.1, 0.15) is 11.5 Å². The zero-order chi connectivity index (χ0) is 19.4. The Hall–Kier alpha value is -2.46. The van der Waals surface area contributed by atoms with Gasteiger partial charge in [0.2, 0.25) is 0 Å². The van der Waals surface area contributed by atoms with Crippen LogP contribution in [0.4, 0.5) is 0 Å². The van der Waals surface area contributed by atoms with Crippen LogP contribution in [0.25, 0.3) is 22.2 Å². The molecule has 0 saturated heterocycles. The second-order valence-electron chi connectivity index (χ2n) is 7.59. The third-order valence-corrected chi connectivity index (χ3v) is 5.18. The maximum absolute atomic E-state index is 9.93. The first-order chi connectivity index (χ1) is 13.0. The van der Waals surface area contributed by atoms with Gasteiger partial charge in [0, 0.05) is 17.4 Å². The highest BCUT2D eigenvalue weighted by molar-refractivity contribution is 5.92. The molecule has 2 N–H and O–H groups in total. The van der Waals surface area contributed by atoms with E-state index in [4.69, 9.17) is 0 Å². The number of hydrogen-bond donors (Lipinski definition) is 2. The second kappa shape index (κ2) is 8.49. The number of unbranched alkanes of at least 4 members (excludes halogenated alkanes) is 3. The number of aromatic hydroxyl groups is 2. The molecule has 0 bridgehead atoms. The summed E-state index contributed by atoms with van der Waals surface area (Å²) < 4.78 is 2.36. The van der Waals surface area contributed by atoms with Crippen LogP contribution >= 0.6 is 0 Å². The van der Waals surface area contributed by atoms with Crippen molar-refractivity contribution in [1.82, 2.24) is 9.47 Å². The van der Waals surface area contributed by atoms with Crippen molar-refractivity contribution < 1.29 is 10.2 Å². The highest BCUT2D eigenvalue weighted by Crippen LogP contribution is 2.35. The predicted octanol–water partition coefficient (Wildman–Crippen LogP) is 5.15. The average molecular weight is 367 g/mol. The van der Waals surface area contributed by atoms with Crippen molar-refractivity contribution in [2.45, 2.75) is 39.2 Å².